The second kappa shape index (κ2) is 6.17. The van der Waals surface area contributed by atoms with Crippen LogP contribution in [0.15, 0.2) is 29.3 Å². The first-order valence-electron chi connectivity index (χ1n) is 5.26. The zero-order chi connectivity index (χ0) is 11.1. The fraction of sp³-hybridized carbons (Fsp3) is 0.417. The van der Waals surface area contributed by atoms with Gasteiger partial charge in [0.15, 0.2) is 0 Å². The largest absolute Gasteiger partial charge is 0.387 e. The van der Waals surface area contributed by atoms with Crippen LogP contribution in [-0.2, 0) is 6.42 Å². The van der Waals surface area contributed by atoms with E-state index in [1.54, 1.807) is 12.1 Å². The van der Waals surface area contributed by atoms with Crippen LogP contribution in [0, 0.1) is 5.82 Å². The summed E-state index contributed by atoms with van der Waals surface area (Å²) in [5.74, 6) is 0.496. The number of rotatable bonds is 5. The van der Waals surface area contributed by atoms with Gasteiger partial charge in [0.1, 0.15) is 5.82 Å². The minimum absolute atomic E-state index is 0.165. The normalized spacial score (nSPS) is 11.7. The van der Waals surface area contributed by atoms with E-state index >= 15 is 0 Å². The van der Waals surface area contributed by atoms with E-state index in [0.717, 1.165) is 12.8 Å². The fourth-order valence-electron chi connectivity index (χ4n) is 1.36. The summed E-state index contributed by atoms with van der Waals surface area (Å²) >= 11 is 0. The van der Waals surface area contributed by atoms with E-state index in [1.165, 1.54) is 6.07 Å². The summed E-state index contributed by atoms with van der Waals surface area (Å²) in [4.78, 5) is 4.18. The lowest BCUT2D eigenvalue weighted by Gasteiger charge is -2.01. The van der Waals surface area contributed by atoms with Crippen LogP contribution in [-0.4, -0.2) is 12.4 Å². The van der Waals surface area contributed by atoms with Gasteiger partial charge in [0.25, 0.3) is 0 Å². The topological polar surface area (TPSA) is 38.4 Å². The Morgan fingerprint density at radius 2 is 2.13 bits per heavy atom. The number of halogens is 1. The van der Waals surface area contributed by atoms with Gasteiger partial charge < -0.3 is 5.73 Å². The van der Waals surface area contributed by atoms with E-state index in [4.69, 9.17) is 5.73 Å². The molecule has 0 aromatic heterocycles. The van der Waals surface area contributed by atoms with Crippen LogP contribution in [0.3, 0.4) is 0 Å². The molecule has 0 aliphatic heterocycles. The van der Waals surface area contributed by atoms with Gasteiger partial charge in [-0.3, -0.25) is 4.99 Å². The van der Waals surface area contributed by atoms with Crippen molar-refractivity contribution in [1.82, 2.24) is 0 Å². The Hall–Kier alpha value is -1.38. The number of amidine groups is 1. The highest BCUT2D eigenvalue weighted by Crippen LogP contribution is 2.06. The van der Waals surface area contributed by atoms with Gasteiger partial charge in [-0.25, -0.2) is 4.39 Å². The number of aliphatic imine (C=N–C) groups is 1. The third-order valence-corrected chi connectivity index (χ3v) is 2.16. The van der Waals surface area contributed by atoms with Gasteiger partial charge in [-0.15, -0.1) is 0 Å². The second-order valence-electron chi connectivity index (χ2n) is 3.46. The van der Waals surface area contributed by atoms with E-state index in [1.807, 2.05) is 6.07 Å². The maximum Gasteiger partial charge on any atom is 0.126 e. The Bertz CT molecular complexity index is 334. The molecule has 82 valence electrons. The van der Waals surface area contributed by atoms with Gasteiger partial charge in [0.05, 0.1) is 5.84 Å². The standard InChI is InChI=1S/C12H17FN2/c1-2-5-12(14)15-9-8-10-6-3-4-7-11(10)13/h3-4,6-7H,2,5,8-9H2,1H3,(H2,14,15). The van der Waals surface area contributed by atoms with Gasteiger partial charge in [0.2, 0.25) is 0 Å². The average molecular weight is 208 g/mol. The van der Waals surface area contributed by atoms with Crippen LogP contribution in [0.5, 0.6) is 0 Å². The summed E-state index contributed by atoms with van der Waals surface area (Å²) in [6, 6.07) is 6.76. The Balaban J connectivity index is 2.44. The van der Waals surface area contributed by atoms with E-state index in [9.17, 15) is 4.39 Å². The van der Waals surface area contributed by atoms with Crippen molar-refractivity contribution < 1.29 is 4.39 Å². The number of hydrogen-bond acceptors (Lipinski definition) is 1. The SMILES string of the molecule is CCCC(N)=NCCc1ccccc1F. The highest BCUT2D eigenvalue weighted by Gasteiger charge is 1.99. The quantitative estimate of drug-likeness (QED) is 0.586. The zero-order valence-corrected chi connectivity index (χ0v) is 9.04. The predicted molar refractivity (Wildman–Crippen MR) is 61.5 cm³/mol. The van der Waals surface area contributed by atoms with Crippen molar-refractivity contribution in [3.05, 3.63) is 35.6 Å². The maximum atomic E-state index is 13.2. The average Bonchev–Trinajstić information content (AvgIpc) is 2.21. The molecule has 2 nitrogen and oxygen atoms in total. The van der Waals surface area contributed by atoms with E-state index in [0.29, 0.717) is 24.4 Å². The lowest BCUT2D eigenvalue weighted by atomic mass is 10.1. The number of hydrogen-bond donors (Lipinski definition) is 1. The smallest absolute Gasteiger partial charge is 0.126 e. The summed E-state index contributed by atoms with van der Waals surface area (Å²) in [6.07, 6.45) is 2.42. The minimum atomic E-state index is -0.165. The minimum Gasteiger partial charge on any atom is -0.387 e. The zero-order valence-electron chi connectivity index (χ0n) is 9.04. The molecule has 0 spiro atoms. The Labute approximate surface area is 90.0 Å². The molecule has 0 amide bonds. The molecule has 0 heterocycles. The summed E-state index contributed by atoms with van der Waals surface area (Å²) in [5, 5.41) is 0. The van der Waals surface area contributed by atoms with E-state index in [2.05, 4.69) is 11.9 Å². The van der Waals surface area contributed by atoms with Crippen LogP contribution in [0.1, 0.15) is 25.3 Å². The molecule has 0 aliphatic rings. The summed E-state index contributed by atoms with van der Waals surface area (Å²) in [6.45, 7) is 2.62. The molecule has 0 aliphatic carbocycles. The number of nitrogens with two attached hydrogens (primary N) is 1. The van der Waals surface area contributed by atoms with Crippen molar-refractivity contribution in [1.29, 1.82) is 0 Å². The van der Waals surface area contributed by atoms with Crippen LogP contribution >= 0.6 is 0 Å². The molecular formula is C12H17FN2. The molecule has 0 atom stereocenters. The maximum absolute atomic E-state index is 13.2. The molecule has 2 N–H and O–H groups in total. The summed E-state index contributed by atoms with van der Waals surface area (Å²) in [5.41, 5.74) is 6.34. The summed E-state index contributed by atoms with van der Waals surface area (Å²) < 4.78 is 13.2. The van der Waals surface area contributed by atoms with Crippen molar-refractivity contribution in [3.8, 4) is 0 Å². The third-order valence-electron chi connectivity index (χ3n) is 2.16. The molecule has 0 unspecified atom stereocenters. The highest BCUT2D eigenvalue weighted by molar-refractivity contribution is 5.80. The summed E-state index contributed by atoms with van der Waals surface area (Å²) in [7, 11) is 0. The van der Waals surface area contributed by atoms with Gasteiger partial charge in [-0.1, -0.05) is 25.1 Å². The van der Waals surface area contributed by atoms with Gasteiger partial charge >= 0.3 is 0 Å². The fourth-order valence-corrected chi connectivity index (χ4v) is 1.36. The number of nitrogens with zero attached hydrogens (tertiary/aromatic N) is 1. The molecule has 1 aromatic carbocycles. The van der Waals surface area contributed by atoms with Crippen molar-refractivity contribution in [3.63, 3.8) is 0 Å². The second-order valence-corrected chi connectivity index (χ2v) is 3.46. The Kier molecular flexibility index (Phi) is 4.81. The lowest BCUT2D eigenvalue weighted by Crippen LogP contribution is -2.12. The van der Waals surface area contributed by atoms with Crippen molar-refractivity contribution in [2.75, 3.05) is 6.54 Å². The number of benzene rings is 1. The molecule has 0 bridgehead atoms. The molecule has 0 fully saturated rings. The van der Waals surface area contributed by atoms with Crippen LogP contribution in [0.4, 0.5) is 4.39 Å². The molecule has 0 saturated heterocycles. The molecular weight excluding hydrogens is 191 g/mol. The highest BCUT2D eigenvalue weighted by atomic mass is 19.1. The van der Waals surface area contributed by atoms with Gasteiger partial charge in [0, 0.05) is 13.0 Å². The molecule has 15 heavy (non-hydrogen) atoms. The third kappa shape index (κ3) is 4.11. The first kappa shape index (κ1) is 11.7. The van der Waals surface area contributed by atoms with Crippen molar-refractivity contribution in [2.24, 2.45) is 10.7 Å². The molecule has 3 heteroatoms. The first-order valence-corrected chi connectivity index (χ1v) is 5.26. The molecule has 0 saturated carbocycles. The van der Waals surface area contributed by atoms with Gasteiger partial charge in [-0.2, -0.15) is 0 Å². The molecule has 1 rings (SSSR count). The van der Waals surface area contributed by atoms with E-state index in [-0.39, 0.29) is 5.82 Å². The molecule has 0 radical (unpaired) electrons. The van der Waals surface area contributed by atoms with Crippen LogP contribution < -0.4 is 5.73 Å². The predicted octanol–water partition coefficient (Wildman–Crippen LogP) is 2.53. The lowest BCUT2D eigenvalue weighted by molar-refractivity contribution is 0.609. The monoisotopic (exact) mass is 208 g/mol. The first-order chi connectivity index (χ1) is 7.24. The van der Waals surface area contributed by atoms with Crippen LogP contribution in [0.2, 0.25) is 0 Å². The van der Waals surface area contributed by atoms with Crippen LogP contribution in [0.25, 0.3) is 0 Å². The van der Waals surface area contributed by atoms with E-state index < -0.39 is 0 Å². The Morgan fingerprint density at radius 1 is 1.40 bits per heavy atom. The van der Waals surface area contributed by atoms with Gasteiger partial charge in [-0.05, 0) is 24.5 Å². The van der Waals surface area contributed by atoms with Crippen molar-refractivity contribution in [2.45, 2.75) is 26.2 Å². The molecule has 1 aromatic rings. The Morgan fingerprint density at radius 3 is 2.80 bits per heavy atom. The van der Waals surface area contributed by atoms with Crippen molar-refractivity contribution >= 4 is 5.84 Å².